The van der Waals surface area contributed by atoms with Crippen molar-refractivity contribution in [2.45, 2.75) is 25.0 Å². The van der Waals surface area contributed by atoms with Crippen LogP contribution in [-0.2, 0) is 20.7 Å². The zero-order chi connectivity index (χ0) is 28.0. The Morgan fingerprint density at radius 1 is 1.16 bits per heavy atom. The van der Waals surface area contributed by atoms with E-state index in [0.29, 0.717) is 36.6 Å². The van der Waals surface area contributed by atoms with Crippen LogP contribution in [0.15, 0.2) is 30.3 Å². The van der Waals surface area contributed by atoms with E-state index in [1.165, 1.54) is 44.6 Å². The van der Waals surface area contributed by atoms with Crippen LogP contribution in [0.1, 0.15) is 32.7 Å². The number of anilines is 2. The summed E-state index contributed by atoms with van der Waals surface area (Å²) >= 11 is 6.09. The number of hydrogen-bond donors (Lipinski definition) is 5. The van der Waals surface area contributed by atoms with Crippen LogP contribution in [0.3, 0.4) is 0 Å². The number of nitrogens with one attached hydrogen (secondary N) is 2. The summed E-state index contributed by atoms with van der Waals surface area (Å²) in [6, 6.07) is 6.79. The topological polar surface area (TPSA) is 186 Å². The number of nitrogens with zero attached hydrogens (tertiary/aromatic N) is 1. The third kappa shape index (κ3) is 7.12. The monoisotopic (exact) mass is 547 g/mol. The molecule has 1 fully saturated rings. The molecule has 0 aliphatic carbocycles. The average Bonchev–Trinajstić information content (AvgIpc) is 2.85. The van der Waals surface area contributed by atoms with Crippen molar-refractivity contribution >= 4 is 46.7 Å². The number of piperidine rings is 1. The fourth-order valence-corrected chi connectivity index (χ4v) is 4.47. The molecule has 3 amide bonds. The number of likely N-dealkylation sites (tertiary alicyclic amines) is 1. The molecule has 0 unspecified atom stereocenters. The van der Waals surface area contributed by atoms with Gasteiger partial charge in [0.1, 0.15) is 5.75 Å². The number of aromatic carboxylic acids is 1. The minimum absolute atomic E-state index is 0.0355. The number of carboxylic acid groups (broad SMARTS) is 1. The first-order valence-electron chi connectivity index (χ1n) is 11.7. The molecule has 204 valence electrons. The maximum absolute atomic E-state index is 13.0. The van der Waals surface area contributed by atoms with E-state index >= 15 is 0 Å². The van der Waals surface area contributed by atoms with Gasteiger partial charge in [-0.05, 0) is 36.2 Å². The Hall–Kier alpha value is -3.87. The van der Waals surface area contributed by atoms with Crippen molar-refractivity contribution in [3.05, 3.63) is 52.0 Å². The predicted molar refractivity (Wildman–Crippen MR) is 140 cm³/mol. The van der Waals surface area contributed by atoms with Gasteiger partial charge in [0.2, 0.25) is 11.8 Å². The Labute approximate surface area is 224 Å². The summed E-state index contributed by atoms with van der Waals surface area (Å²) in [6.45, 7) is 0.913. The largest absolute Gasteiger partial charge is 0.496 e. The summed E-state index contributed by atoms with van der Waals surface area (Å²) in [5.74, 6) is -2.31. The maximum Gasteiger partial charge on any atom is 0.335 e. The third-order valence-corrected chi connectivity index (χ3v) is 6.50. The zero-order valence-electron chi connectivity index (χ0n) is 21.0. The fourth-order valence-electron chi connectivity index (χ4n) is 4.31. The Bertz CT molecular complexity index is 1240. The number of ether oxygens (including phenoxy) is 2. The summed E-state index contributed by atoms with van der Waals surface area (Å²) in [5.41, 5.74) is 12.0. The van der Waals surface area contributed by atoms with Gasteiger partial charge in [-0.2, -0.15) is 0 Å². The second-order valence-corrected chi connectivity index (χ2v) is 9.23. The SMILES string of the molecule is COc1cc(N)c(Cl)cc1C(=O)N[C@@H]1CCN(CC(=O)Nc2ccc(C(=O)O)c(CC(N)=O)c2)C[C@@H]1OC. The van der Waals surface area contributed by atoms with E-state index in [1.807, 2.05) is 4.90 Å². The standard InChI is InChI=1S/C25H30ClN5O7/c1-37-20-10-18(27)17(26)9-16(20)24(34)30-19-5-6-31(11-21(19)38-2)12-23(33)29-14-3-4-15(25(35)36)13(7-14)8-22(28)32/h3-4,7,9-10,19,21H,5-6,8,11-12,27H2,1-2H3,(H2,28,32)(H,29,33)(H,30,34)(H,35,36)/t19-,21+/m1/s1. The average molecular weight is 548 g/mol. The van der Waals surface area contributed by atoms with Gasteiger partial charge in [0.25, 0.3) is 5.91 Å². The number of nitrogen functional groups attached to an aromatic ring is 1. The van der Waals surface area contributed by atoms with Gasteiger partial charge in [0, 0.05) is 32.0 Å². The lowest BCUT2D eigenvalue weighted by Crippen LogP contribution is -2.55. The molecule has 0 saturated carbocycles. The molecule has 0 radical (unpaired) electrons. The minimum Gasteiger partial charge on any atom is -0.496 e. The van der Waals surface area contributed by atoms with E-state index in [2.05, 4.69) is 10.6 Å². The number of rotatable bonds is 10. The van der Waals surface area contributed by atoms with Crippen LogP contribution in [0.4, 0.5) is 11.4 Å². The molecule has 2 aromatic carbocycles. The summed E-state index contributed by atoms with van der Waals surface area (Å²) in [7, 11) is 2.96. The predicted octanol–water partition coefficient (Wildman–Crippen LogP) is 1.11. The lowest BCUT2D eigenvalue weighted by molar-refractivity contribution is -0.118. The van der Waals surface area contributed by atoms with Crippen molar-refractivity contribution in [1.82, 2.24) is 10.2 Å². The van der Waals surface area contributed by atoms with Gasteiger partial charge in [0.05, 0.1) is 54.1 Å². The highest BCUT2D eigenvalue weighted by Crippen LogP contribution is 2.29. The summed E-state index contributed by atoms with van der Waals surface area (Å²) < 4.78 is 10.9. The number of amides is 3. The molecule has 1 aliphatic heterocycles. The second kappa shape index (κ2) is 12.6. The van der Waals surface area contributed by atoms with Crippen molar-refractivity contribution in [2.75, 3.05) is 44.9 Å². The Morgan fingerprint density at radius 2 is 1.89 bits per heavy atom. The number of nitrogens with two attached hydrogens (primary N) is 2. The number of hydrogen-bond acceptors (Lipinski definition) is 8. The zero-order valence-corrected chi connectivity index (χ0v) is 21.7. The van der Waals surface area contributed by atoms with E-state index in [4.69, 9.17) is 32.5 Å². The van der Waals surface area contributed by atoms with Crippen molar-refractivity contribution in [3.63, 3.8) is 0 Å². The first-order chi connectivity index (χ1) is 18.0. The Balaban J connectivity index is 1.61. The number of carbonyl (C=O) groups excluding carboxylic acids is 3. The smallest absolute Gasteiger partial charge is 0.335 e. The molecular weight excluding hydrogens is 518 g/mol. The van der Waals surface area contributed by atoms with Gasteiger partial charge >= 0.3 is 5.97 Å². The van der Waals surface area contributed by atoms with Gasteiger partial charge < -0.3 is 36.7 Å². The first kappa shape index (κ1) is 28.7. The molecule has 0 bridgehead atoms. The molecule has 1 saturated heterocycles. The van der Waals surface area contributed by atoms with Crippen LogP contribution >= 0.6 is 11.6 Å². The number of halogens is 1. The van der Waals surface area contributed by atoms with Crippen LogP contribution in [0.2, 0.25) is 5.02 Å². The van der Waals surface area contributed by atoms with Gasteiger partial charge in [0.15, 0.2) is 0 Å². The molecule has 2 aromatic rings. The highest BCUT2D eigenvalue weighted by molar-refractivity contribution is 6.33. The van der Waals surface area contributed by atoms with Crippen LogP contribution in [0, 0.1) is 0 Å². The highest BCUT2D eigenvalue weighted by Gasteiger charge is 2.32. The van der Waals surface area contributed by atoms with Crippen molar-refractivity contribution in [2.24, 2.45) is 5.73 Å². The molecule has 0 spiro atoms. The Morgan fingerprint density at radius 3 is 2.53 bits per heavy atom. The molecule has 38 heavy (non-hydrogen) atoms. The number of primary amides is 1. The number of carboxylic acids is 1. The van der Waals surface area contributed by atoms with Crippen LogP contribution < -0.4 is 26.8 Å². The molecule has 1 aliphatic rings. The number of methoxy groups -OCH3 is 2. The molecule has 13 heteroatoms. The molecule has 0 aromatic heterocycles. The van der Waals surface area contributed by atoms with Crippen molar-refractivity contribution in [1.29, 1.82) is 0 Å². The summed E-state index contributed by atoms with van der Waals surface area (Å²) in [6.07, 6.45) is -0.152. The molecular formula is C25H30ClN5O7. The number of carbonyl (C=O) groups is 4. The maximum atomic E-state index is 13.0. The summed E-state index contributed by atoms with van der Waals surface area (Å²) in [5, 5.41) is 15.2. The first-order valence-corrected chi connectivity index (χ1v) is 12.0. The molecule has 2 atom stereocenters. The van der Waals surface area contributed by atoms with Gasteiger partial charge in [-0.15, -0.1) is 0 Å². The normalized spacial score (nSPS) is 17.4. The highest BCUT2D eigenvalue weighted by atomic mass is 35.5. The van der Waals surface area contributed by atoms with Crippen LogP contribution in [-0.4, -0.2) is 79.7 Å². The van der Waals surface area contributed by atoms with Crippen molar-refractivity contribution in [3.8, 4) is 5.75 Å². The van der Waals surface area contributed by atoms with Crippen LogP contribution in [0.5, 0.6) is 5.75 Å². The number of benzene rings is 2. The quantitative estimate of drug-likeness (QED) is 0.271. The molecule has 1 heterocycles. The molecule has 3 rings (SSSR count). The summed E-state index contributed by atoms with van der Waals surface area (Å²) in [4.78, 5) is 50.2. The van der Waals surface area contributed by atoms with E-state index in [-0.39, 0.29) is 46.6 Å². The van der Waals surface area contributed by atoms with Gasteiger partial charge in [-0.3, -0.25) is 19.3 Å². The van der Waals surface area contributed by atoms with Crippen molar-refractivity contribution < 1.29 is 33.8 Å². The van der Waals surface area contributed by atoms with E-state index in [0.717, 1.165) is 0 Å². The lowest BCUT2D eigenvalue weighted by atomic mass is 10.0. The third-order valence-electron chi connectivity index (χ3n) is 6.18. The van der Waals surface area contributed by atoms with E-state index in [9.17, 15) is 24.3 Å². The second-order valence-electron chi connectivity index (χ2n) is 8.82. The fraction of sp³-hybridized carbons (Fsp3) is 0.360. The molecule has 7 N–H and O–H groups in total. The lowest BCUT2D eigenvalue weighted by Gasteiger charge is -2.37. The van der Waals surface area contributed by atoms with E-state index < -0.39 is 23.9 Å². The van der Waals surface area contributed by atoms with Gasteiger partial charge in [-0.1, -0.05) is 11.6 Å². The van der Waals surface area contributed by atoms with Crippen LogP contribution in [0.25, 0.3) is 0 Å². The van der Waals surface area contributed by atoms with E-state index in [1.54, 1.807) is 0 Å². The Kier molecular flexibility index (Phi) is 9.50. The minimum atomic E-state index is -1.20. The van der Waals surface area contributed by atoms with Gasteiger partial charge in [-0.25, -0.2) is 4.79 Å². The molecule has 12 nitrogen and oxygen atoms in total.